The summed E-state index contributed by atoms with van der Waals surface area (Å²) in [7, 11) is 3.25. The molecule has 1 aliphatic rings. The van der Waals surface area contributed by atoms with Crippen molar-refractivity contribution in [2.45, 2.75) is 19.8 Å². The van der Waals surface area contributed by atoms with Gasteiger partial charge >= 0.3 is 12.0 Å². The lowest BCUT2D eigenvalue weighted by molar-refractivity contribution is -0.143. The average Bonchev–Trinajstić information content (AvgIpc) is 3.13. The molecule has 1 aliphatic carbocycles. The van der Waals surface area contributed by atoms with Gasteiger partial charge in [0.25, 0.3) is 0 Å². The van der Waals surface area contributed by atoms with Gasteiger partial charge in [0, 0.05) is 27.2 Å². The first-order valence-corrected chi connectivity index (χ1v) is 6.28. The minimum atomic E-state index is -0.875. The van der Waals surface area contributed by atoms with Crippen LogP contribution >= 0.6 is 0 Å². The van der Waals surface area contributed by atoms with Crippen molar-refractivity contribution in [2.24, 2.45) is 5.41 Å². The molecule has 7 heteroatoms. The van der Waals surface area contributed by atoms with E-state index in [2.05, 4.69) is 5.32 Å². The van der Waals surface area contributed by atoms with E-state index >= 15 is 0 Å². The van der Waals surface area contributed by atoms with Gasteiger partial charge in [0.05, 0.1) is 5.41 Å². The van der Waals surface area contributed by atoms with Crippen molar-refractivity contribution in [3.63, 3.8) is 0 Å². The molecule has 0 aromatic carbocycles. The number of nitrogens with zero attached hydrogens (tertiary/aromatic N) is 2. The van der Waals surface area contributed by atoms with E-state index in [0.717, 1.165) is 0 Å². The number of hydrogen-bond donors (Lipinski definition) is 2. The predicted octanol–water partition coefficient (Wildman–Crippen LogP) is -0.0291. The van der Waals surface area contributed by atoms with Crippen LogP contribution in [0.2, 0.25) is 0 Å². The number of carboxylic acids is 1. The largest absolute Gasteiger partial charge is 0.481 e. The minimum absolute atomic E-state index is 0.00456. The number of hydrogen-bond acceptors (Lipinski definition) is 3. The highest BCUT2D eigenvalue weighted by atomic mass is 16.4. The smallest absolute Gasteiger partial charge is 0.317 e. The maximum absolute atomic E-state index is 11.9. The number of carboxylic acid groups (broad SMARTS) is 1. The van der Waals surface area contributed by atoms with Gasteiger partial charge in [-0.1, -0.05) is 0 Å². The first-order chi connectivity index (χ1) is 8.82. The van der Waals surface area contributed by atoms with Gasteiger partial charge in [-0.2, -0.15) is 0 Å². The summed E-state index contributed by atoms with van der Waals surface area (Å²) in [6.45, 7) is 2.28. The molecule has 0 unspecified atom stereocenters. The molecule has 0 radical (unpaired) electrons. The first kappa shape index (κ1) is 15.3. The molecule has 0 bridgehead atoms. The van der Waals surface area contributed by atoms with E-state index in [1.54, 1.807) is 21.0 Å². The van der Waals surface area contributed by atoms with E-state index < -0.39 is 17.4 Å². The van der Waals surface area contributed by atoms with Gasteiger partial charge < -0.3 is 20.2 Å². The van der Waals surface area contributed by atoms with Crippen molar-refractivity contribution in [2.75, 3.05) is 33.7 Å². The Morgan fingerprint density at radius 3 is 2.21 bits per heavy atom. The van der Waals surface area contributed by atoms with Crippen molar-refractivity contribution in [1.82, 2.24) is 15.1 Å². The molecule has 1 fully saturated rings. The number of amides is 3. The topological polar surface area (TPSA) is 90.0 Å². The number of rotatable bonds is 6. The molecule has 0 atom stereocenters. The van der Waals surface area contributed by atoms with Gasteiger partial charge in [0.2, 0.25) is 5.91 Å². The normalized spacial score (nSPS) is 15.5. The highest BCUT2D eigenvalue weighted by Crippen LogP contribution is 2.45. The molecule has 0 aromatic rings. The Hall–Kier alpha value is -1.79. The summed E-state index contributed by atoms with van der Waals surface area (Å²) < 4.78 is 0. The van der Waals surface area contributed by atoms with Crippen LogP contribution in [0.1, 0.15) is 19.8 Å². The third-order valence-corrected chi connectivity index (χ3v) is 3.38. The lowest BCUT2D eigenvalue weighted by Gasteiger charge is -2.23. The number of urea groups is 1. The van der Waals surface area contributed by atoms with E-state index in [1.807, 2.05) is 0 Å². The third-order valence-electron chi connectivity index (χ3n) is 3.38. The summed E-state index contributed by atoms with van der Waals surface area (Å²) in [6.07, 6.45) is 1.18. The molecule has 0 saturated heterocycles. The van der Waals surface area contributed by atoms with E-state index in [-0.39, 0.29) is 19.0 Å². The fraction of sp³-hybridized carbons (Fsp3) is 0.750. The van der Waals surface area contributed by atoms with Gasteiger partial charge in [0.1, 0.15) is 6.54 Å². The second kappa shape index (κ2) is 5.90. The summed E-state index contributed by atoms with van der Waals surface area (Å²) in [5.74, 6) is -1.04. The van der Waals surface area contributed by atoms with Crippen LogP contribution in [0.25, 0.3) is 0 Å². The van der Waals surface area contributed by atoms with Crippen LogP contribution in [0.15, 0.2) is 0 Å². The van der Waals surface area contributed by atoms with Gasteiger partial charge in [-0.15, -0.1) is 0 Å². The summed E-state index contributed by atoms with van der Waals surface area (Å²) >= 11 is 0. The van der Waals surface area contributed by atoms with Crippen molar-refractivity contribution in [3.05, 3.63) is 0 Å². The molecular weight excluding hydrogens is 250 g/mol. The summed E-state index contributed by atoms with van der Waals surface area (Å²) in [5.41, 5.74) is -0.791. The average molecular weight is 271 g/mol. The zero-order chi connectivity index (χ0) is 14.6. The van der Waals surface area contributed by atoms with Crippen LogP contribution in [-0.2, 0) is 9.59 Å². The molecule has 0 heterocycles. The van der Waals surface area contributed by atoms with Gasteiger partial charge in [-0.05, 0) is 19.8 Å². The van der Waals surface area contributed by atoms with Gasteiger partial charge in [-0.25, -0.2) is 4.79 Å². The number of likely N-dealkylation sites (N-methyl/N-ethyl adjacent to an activating group) is 2. The Balaban J connectivity index is 2.46. The molecule has 1 saturated carbocycles. The summed E-state index contributed by atoms with van der Waals surface area (Å²) in [5, 5.41) is 11.6. The number of aliphatic carboxylic acids is 1. The molecule has 7 nitrogen and oxygen atoms in total. The predicted molar refractivity (Wildman–Crippen MR) is 68.6 cm³/mol. The number of carbonyl (C=O) groups excluding carboxylic acids is 2. The highest BCUT2D eigenvalue weighted by Gasteiger charge is 2.50. The SMILES string of the molecule is CCN(CC(=O)N(C)C)C(=O)NCC1(C(=O)O)CC1. The van der Waals surface area contributed by atoms with Crippen LogP contribution in [-0.4, -0.2) is 66.5 Å². The fourth-order valence-corrected chi connectivity index (χ4v) is 1.61. The lowest BCUT2D eigenvalue weighted by atomic mass is 10.1. The standard InChI is InChI=1S/C12H21N3O4/c1-4-15(7-9(16)14(2)3)11(19)13-8-12(5-6-12)10(17)18/h4-8H2,1-3H3,(H,13,19)(H,17,18). The van der Waals surface area contributed by atoms with E-state index in [4.69, 9.17) is 5.11 Å². The Kier molecular flexibility index (Phi) is 4.74. The highest BCUT2D eigenvalue weighted by molar-refractivity contribution is 5.84. The summed E-state index contributed by atoms with van der Waals surface area (Å²) in [6, 6.07) is -0.398. The molecule has 2 N–H and O–H groups in total. The summed E-state index contributed by atoms with van der Waals surface area (Å²) in [4.78, 5) is 37.2. The third kappa shape index (κ3) is 3.84. The van der Waals surface area contributed by atoms with Crippen molar-refractivity contribution >= 4 is 17.9 Å². The Bertz CT molecular complexity index is 377. The second-order valence-corrected chi connectivity index (χ2v) is 5.05. The van der Waals surface area contributed by atoms with Crippen molar-refractivity contribution in [1.29, 1.82) is 0 Å². The van der Waals surface area contributed by atoms with Crippen LogP contribution in [0.4, 0.5) is 4.79 Å². The Labute approximate surface area is 112 Å². The number of carbonyl (C=O) groups is 3. The zero-order valence-corrected chi connectivity index (χ0v) is 11.6. The Morgan fingerprint density at radius 2 is 1.84 bits per heavy atom. The van der Waals surface area contributed by atoms with Gasteiger partial charge in [0.15, 0.2) is 0 Å². The lowest BCUT2D eigenvalue weighted by Crippen LogP contribution is -2.47. The maximum Gasteiger partial charge on any atom is 0.317 e. The molecule has 3 amide bonds. The van der Waals surface area contributed by atoms with Crippen LogP contribution in [0, 0.1) is 5.41 Å². The van der Waals surface area contributed by atoms with E-state index in [9.17, 15) is 14.4 Å². The quantitative estimate of drug-likeness (QED) is 0.710. The van der Waals surface area contributed by atoms with Crippen LogP contribution < -0.4 is 5.32 Å². The maximum atomic E-state index is 11.9. The van der Waals surface area contributed by atoms with E-state index in [0.29, 0.717) is 19.4 Å². The Morgan fingerprint density at radius 1 is 1.26 bits per heavy atom. The van der Waals surface area contributed by atoms with Crippen molar-refractivity contribution in [3.8, 4) is 0 Å². The second-order valence-electron chi connectivity index (χ2n) is 5.05. The molecule has 0 spiro atoms. The van der Waals surface area contributed by atoms with Crippen molar-refractivity contribution < 1.29 is 19.5 Å². The molecule has 19 heavy (non-hydrogen) atoms. The van der Waals surface area contributed by atoms with Gasteiger partial charge in [-0.3, -0.25) is 9.59 Å². The molecular formula is C12H21N3O4. The molecule has 0 aromatic heterocycles. The first-order valence-electron chi connectivity index (χ1n) is 6.28. The fourth-order valence-electron chi connectivity index (χ4n) is 1.61. The van der Waals surface area contributed by atoms with Crippen LogP contribution in [0.5, 0.6) is 0 Å². The van der Waals surface area contributed by atoms with E-state index in [1.165, 1.54) is 9.80 Å². The zero-order valence-electron chi connectivity index (χ0n) is 11.6. The minimum Gasteiger partial charge on any atom is -0.481 e. The number of nitrogens with one attached hydrogen (secondary N) is 1. The molecule has 1 rings (SSSR count). The molecule has 108 valence electrons. The van der Waals surface area contributed by atoms with Crippen LogP contribution in [0.3, 0.4) is 0 Å². The molecule has 0 aliphatic heterocycles. The monoisotopic (exact) mass is 271 g/mol.